The highest BCUT2D eigenvalue weighted by Gasteiger charge is 2.30. The van der Waals surface area contributed by atoms with Gasteiger partial charge < -0.3 is 10.1 Å². The van der Waals surface area contributed by atoms with Crippen LogP contribution in [0.2, 0.25) is 0 Å². The number of ether oxygens (including phenoxy) is 1. The molecule has 3 rings (SSSR count). The number of alkyl halides is 4. The van der Waals surface area contributed by atoms with Gasteiger partial charge >= 0.3 is 6.18 Å². The van der Waals surface area contributed by atoms with Gasteiger partial charge in [0.25, 0.3) is 0 Å². The SMILES string of the molecule is O=C(CBr)Nc1nc(-c2cc(F)c(OCc3ccc(C(F)(F)F)cc3)c(F)c2)cs1. The largest absolute Gasteiger partial charge is 0.483 e. The second kappa shape index (κ2) is 9.09. The van der Waals surface area contributed by atoms with E-state index in [1.54, 1.807) is 0 Å². The van der Waals surface area contributed by atoms with Crippen molar-refractivity contribution in [3.63, 3.8) is 0 Å². The van der Waals surface area contributed by atoms with Crippen molar-refractivity contribution >= 4 is 38.3 Å². The van der Waals surface area contributed by atoms with E-state index in [-0.39, 0.29) is 34.2 Å². The third-order valence-electron chi connectivity index (χ3n) is 3.83. The Morgan fingerprint density at radius 3 is 2.33 bits per heavy atom. The number of aromatic nitrogens is 1. The molecule has 0 atom stereocenters. The molecular formula is C19H12BrF5N2O2S. The summed E-state index contributed by atoms with van der Waals surface area (Å²) in [7, 11) is 0. The minimum atomic E-state index is -4.47. The first kappa shape index (κ1) is 22.2. The van der Waals surface area contributed by atoms with Crippen LogP contribution in [0.25, 0.3) is 11.3 Å². The molecule has 1 amide bonds. The highest BCUT2D eigenvalue weighted by atomic mass is 79.9. The van der Waals surface area contributed by atoms with Crippen LogP contribution in [-0.4, -0.2) is 16.2 Å². The number of benzene rings is 2. The number of hydrogen-bond acceptors (Lipinski definition) is 4. The van der Waals surface area contributed by atoms with Gasteiger partial charge in [-0.3, -0.25) is 4.79 Å². The molecule has 0 aliphatic heterocycles. The maximum absolute atomic E-state index is 14.4. The summed E-state index contributed by atoms with van der Waals surface area (Å²) in [5, 5.41) is 4.40. The Balaban J connectivity index is 1.73. The Bertz CT molecular complexity index is 1030. The van der Waals surface area contributed by atoms with Crippen LogP contribution in [0, 0.1) is 11.6 Å². The average Bonchev–Trinajstić information content (AvgIpc) is 3.15. The number of hydrogen-bond donors (Lipinski definition) is 1. The first-order valence-corrected chi connectivity index (χ1v) is 10.3. The van der Waals surface area contributed by atoms with Crippen LogP contribution >= 0.6 is 27.3 Å². The van der Waals surface area contributed by atoms with Crippen LogP contribution in [-0.2, 0) is 17.6 Å². The quantitative estimate of drug-likeness (QED) is 0.328. The van der Waals surface area contributed by atoms with E-state index in [2.05, 4.69) is 26.2 Å². The Morgan fingerprint density at radius 1 is 1.13 bits per heavy atom. The van der Waals surface area contributed by atoms with Gasteiger partial charge in [-0.15, -0.1) is 11.3 Å². The summed E-state index contributed by atoms with van der Waals surface area (Å²) in [6, 6.07) is 6.12. The molecule has 4 nitrogen and oxygen atoms in total. The molecule has 0 spiro atoms. The third-order valence-corrected chi connectivity index (χ3v) is 5.10. The zero-order chi connectivity index (χ0) is 21.9. The highest BCUT2D eigenvalue weighted by Crippen LogP contribution is 2.32. The van der Waals surface area contributed by atoms with Crippen molar-refractivity contribution in [2.75, 3.05) is 10.6 Å². The zero-order valence-corrected chi connectivity index (χ0v) is 17.3. The summed E-state index contributed by atoms with van der Waals surface area (Å²) in [6.07, 6.45) is -4.47. The lowest BCUT2D eigenvalue weighted by Gasteiger charge is -2.11. The second-order valence-corrected chi connectivity index (χ2v) is 7.39. The molecule has 30 heavy (non-hydrogen) atoms. The van der Waals surface area contributed by atoms with E-state index < -0.39 is 29.1 Å². The molecular weight excluding hydrogens is 495 g/mol. The first-order chi connectivity index (χ1) is 14.2. The normalized spacial score (nSPS) is 11.4. The summed E-state index contributed by atoms with van der Waals surface area (Å²) < 4.78 is 71.6. The fourth-order valence-corrected chi connectivity index (χ4v) is 3.28. The number of nitrogens with zero attached hydrogens (tertiary/aromatic N) is 1. The molecule has 158 valence electrons. The molecule has 1 aromatic heterocycles. The molecule has 0 radical (unpaired) electrons. The van der Waals surface area contributed by atoms with E-state index in [0.29, 0.717) is 5.56 Å². The lowest BCUT2D eigenvalue weighted by Crippen LogP contribution is -2.11. The van der Waals surface area contributed by atoms with E-state index in [4.69, 9.17) is 4.74 Å². The molecule has 1 heterocycles. The lowest BCUT2D eigenvalue weighted by atomic mass is 10.1. The Hall–Kier alpha value is -2.53. The van der Waals surface area contributed by atoms with E-state index >= 15 is 0 Å². The number of anilines is 1. The van der Waals surface area contributed by atoms with Gasteiger partial charge in [0.1, 0.15) is 6.61 Å². The van der Waals surface area contributed by atoms with Gasteiger partial charge in [0, 0.05) is 10.9 Å². The third kappa shape index (κ3) is 5.33. The number of carbonyl (C=O) groups excluding carboxylic acids is 1. The fourth-order valence-electron chi connectivity index (χ4n) is 2.41. The van der Waals surface area contributed by atoms with E-state index in [1.165, 1.54) is 17.5 Å². The van der Waals surface area contributed by atoms with Crippen molar-refractivity contribution < 1.29 is 31.5 Å². The molecule has 0 aliphatic rings. The number of rotatable bonds is 6. The van der Waals surface area contributed by atoms with Crippen LogP contribution < -0.4 is 10.1 Å². The fraction of sp³-hybridized carbons (Fsp3) is 0.158. The van der Waals surface area contributed by atoms with Gasteiger partial charge in [-0.25, -0.2) is 13.8 Å². The number of halogens is 6. The summed E-state index contributed by atoms with van der Waals surface area (Å²) in [5.41, 5.74) is -0.111. The van der Waals surface area contributed by atoms with Crippen LogP contribution in [0.4, 0.5) is 27.1 Å². The Kier molecular flexibility index (Phi) is 6.71. The molecule has 11 heteroatoms. The van der Waals surface area contributed by atoms with Crippen LogP contribution in [0.1, 0.15) is 11.1 Å². The summed E-state index contributed by atoms with van der Waals surface area (Å²) >= 11 is 4.09. The number of amides is 1. The highest BCUT2D eigenvalue weighted by molar-refractivity contribution is 9.09. The first-order valence-electron chi connectivity index (χ1n) is 8.27. The van der Waals surface area contributed by atoms with Crippen molar-refractivity contribution in [2.45, 2.75) is 12.8 Å². The smallest absolute Gasteiger partial charge is 0.416 e. The molecule has 0 aliphatic carbocycles. The molecule has 0 bridgehead atoms. The van der Waals surface area contributed by atoms with Crippen LogP contribution in [0.15, 0.2) is 41.8 Å². The maximum atomic E-state index is 14.4. The van der Waals surface area contributed by atoms with E-state index in [0.717, 1.165) is 35.6 Å². The predicted octanol–water partition coefficient (Wildman–Crippen LogP) is 6.02. The molecule has 0 saturated carbocycles. The maximum Gasteiger partial charge on any atom is 0.416 e. The number of thiazole rings is 1. The number of carbonyl (C=O) groups is 1. The lowest BCUT2D eigenvalue weighted by molar-refractivity contribution is -0.137. The molecule has 2 aromatic carbocycles. The summed E-state index contributed by atoms with van der Waals surface area (Å²) in [4.78, 5) is 15.5. The standard InChI is InChI=1S/C19H12BrF5N2O2S/c20-7-16(28)27-18-26-15(9-30-18)11-5-13(21)17(14(22)6-11)29-8-10-1-3-12(4-2-10)19(23,24)25/h1-6,9H,7-8H2,(H,26,27,28). The monoisotopic (exact) mass is 506 g/mol. The minimum Gasteiger partial charge on any atom is -0.483 e. The number of nitrogens with one attached hydrogen (secondary N) is 1. The molecule has 3 aromatic rings. The van der Waals surface area contributed by atoms with Crippen LogP contribution in [0.5, 0.6) is 5.75 Å². The molecule has 0 unspecified atom stereocenters. The average molecular weight is 507 g/mol. The summed E-state index contributed by atoms with van der Waals surface area (Å²) in [6.45, 7) is -0.315. The van der Waals surface area contributed by atoms with Gasteiger partial charge in [0.2, 0.25) is 5.91 Å². The van der Waals surface area contributed by atoms with Gasteiger partial charge in [0.05, 0.1) is 16.6 Å². The van der Waals surface area contributed by atoms with Gasteiger partial charge in [-0.2, -0.15) is 13.2 Å². The van der Waals surface area contributed by atoms with Crippen LogP contribution in [0.3, 0.4) is 0 Å². The van der Waals surface area contributed by atoms with Gasteiger partial charge in [0.15, 0.2) is 22.5 Å². The molecule has 1 N–H and O–H groups in total. The van der Waals surface area contributed by atoms with Crippen molar-refractivity contribution in [1.82, 2.24) is 4.98 Å². The predicted molar refractivity (Wildman–Crippen MR) is 106 cm³/mol. The van der Waals surface area contributed by atoms with Crippen molar-refractivity contribution in [2.24, 2.45) is 0 Å². The van der Waals surface area contributed by atoms with Crippen molar-refractivity contribution in [3.8, 4) is 17.0 Å². The van der Waals surface area contributed by atoms with Crippen molar-refractivity contribution in [1.29, 1.82) is 0 Å². The topological polar surface area (TPSA) is 51.2 Å². The molecule has 0 fully saturated rings. The minimum absolute atomic E-state index is 0.0795. The van der Waals surface area contributed by atoms with E-state index in [9.17, 15) is 26.7 Å². The Morgan fingerprint density at radius 2 is 1.77 bits per heavy atom. The summed E-state index contributed by atoms with van der Waals surface area (Å²) in [5.74, 6) is -2.95. The van der Waals surface area contributed by atoms with Crippen molar-refractivity contribution in [3.05, 3.63) is 64.5 Å². The Labute approximate surface area is 179 Å². The zero-order valence-electron chi connectivity index (χ0n) is 14.9. The molecule has 0 saturated heterocycles. The van der Waals surface area contributed by atoms with Gasteiger partial charge in [-0.05, 0) is 29.8 Å². The van der Waals surface area contributed by atoms with Gasteiger partial charge in [-0.1, -0.05) is 28.1 Å². The second-order valence-electron chi connectivity index (χ2n) is 5.97. The van der Waals surface area contributed by atoms with E-state index in [1.807, 2.05) is 0 Å².